The van der Waals surface area contributed by atoms with Crippen molar-refractivity contribution < 1.29 is 4.74 Å². The lowest BCUT2D eigenvalue weighted by Gasteiger charge is -2.21. The molecule has 0 heterocycles. The summed E-state index contributed by atoms with van der Waals surface area (Å²) in [5.74, 6) is 0.655. The molecule has 1 aromatic carbocycles. The molecule has 0 atom stereocenters. The highest BCUT2D eigenvalue weighted by atomic mass is 35.5. The second-order valence-corrected chi connectivity index (χ2v) is 6.09. The molecule has 0 bridgehead atoms. The molecule has 1 rings (SSSR count). The van der Waals surface area contributed by atoms with Gasteiger partial charge in [0.25, 0.3) is 0 Å². The molecule has 0 aliphatic carbocycles. The zero-order chi connectivity index (χ0) is 13.6. The van der Waals surface area contributed by atoms with E-state index in [1.54, 1.807) is 18.2 Å². The molecule has 0 aromatic heterocycles. The zero-order valence-corrected chi connectivity index (χ0v) is 12.5. The fourth-order valence-corrected chi connectivity index (χ4v) is 1.91. The van der Waals surface area contributed by atoms with Gasteiger partial charge in [-0.2, -0.15) is 0 Å². The van der Waals surface area contributed by atoms with Crippen molar-refractivity contribution in [3.63, 3.8) is 0 Å². The van der Waals surface area contributed by atoms with Crippen LogP contribution in [0.4, 0.5) is 0 Å². The Morgan fingerprint density at radius 2 is 1.94 bits per heavy atom. The van der Waals surface area contributed by atoms with Gasteiger partial charge in [-0.15, -0.1) is 0 Å². The molecule has 0 unspecified atom stereocenters. The first-order chi connectivity index (χ1) is 8.44. The molecule has 0 spiro atoms. The highest BCUT2D eigenvalue weighted by Crippen LogP contribution is 2.28. The Morgan fingerprint density at radius 3 is 2.61 bits per heavy atom. The van der Waals surface area contributed by atoms with Crippen molar-refractivity contribution in [3.05, 3.63) is 28.2 Å². The smallest absolute Gasteiger partial charge is 0.139 e. The Hall–Kier alpha value is -0.440. The van der Waals surface area contributed by atoms with Gasteiger partial charge < -0.3 is 10.5 Å². The Balaban J connectivity index is 2.28. The normalized spacial score (nSPS) is 11.6. The van der Waals surface area contributed by atoms with Crippen molar-refractivity contribution in [1.29, 1.82) is 0 Å². The second kappa shape index (κ2) is 7.22. The van der Waals surface area contributed by atoms with E-state index in [-0.39, 0.29) is 5.41 Å². The third-order valence-electron chi connectivity index (χ3n) is 2.95. The number of hydrogen-bond acceptors (Lipinski definition) is 2. The van der Waals surface area contributed by atoms with Crippen LogP contribution in [0, 0.1) is 5.41 Å². The molecule has 1 aromatic rings. The fourth-order valence-electron chi connectivity index (χ4n) is 1.58. The Labute approximate surface area is 119 Å². The van der Waals surface area contributed by atoms with Gasteiger partial charge in [0, 0.05) is 11.1 Å². The highest BCUT2D eigenvalue weighted by molar-refractivity contribution is 6.34. The molecule has 2 N–H and O–H groups in total. The van der Waals surface area contributed by atoms with E-state index in [9.17, 15) is 0 Å². The highest BCUT2D eigenvalue weighted by Gasteiger charge is 2.14. The van der Waals surface area contributed by atoms with E-state index in [1.807, 2.05) is 0 Å². The van der Waals surface area contributed by atoms with Gasteiger partial charge >= 0.3 is 0 Å². The van der Waals surface area contributed by atoms with Crippen LogP contribution in [0.2, 0.25) is 10.0 Å². The molecule has 0 aliphatic heterocycles. The second-order valence-electron chi connectivity index (χ2n) is 5.25. The summed E-state index contributed by atoms with van der Waals surface area (Å²) in [7, 11) is 0. The average Bonchev–Trinajstić information content (AvgIpc) is 2.33. The van der Waals surface area contributed by atoms with Crippen LogP contribution in [0.25, 0.3) is 0 Å². The summed E-state index contributed by atoms with van der Waals surface area (Å²) in [6.07, 6.45) is 3.20. The number of rotatable bonds is 7. The lowest BCUT2D eigenvalue weighted by atomic mass is 9.87. The van der Waals surface area contributed by atoms with Crippen molar-refractivity contribution in [2.45, 2.75) is 33.1 Å². The molecule has 4 heteroatoms. The van der Waals surface area contributed by atoms with Crippen molar-refractivity contribution >= 4 is 23.2 Å². The SMILES string of the molecule is CC(C)(CN)CCCCOc1cc(Cl)ccc1Cl. The summed E-state index contributed by atoms with van der Waals surface area (Å²) in [6, 6.07) is 5.24. The third kappa shape index (κ3) is 5.47. The van der Waals surface area contributed by atoms with Gasteiger partial charge in [0.05, 0.1) is 11.6 Å². The van der Waals surface area contributed by atoms with Gasteiger partial charge in [0.2, 0.25) is 0 Å². The minimum Gasteiger partial charge on any atom is -0.492 e. The van der Waals surface area contributed by atoms with Gasteiger partial charge in [-0.3, -0.25) is 0 Å². The van der Waals surface area contributed by atoms with Crippen LogP contribution in [0.3, 0.4) is 0 Å². The third-order valence-corrected chi connectivity index (χ3v) is 3.50. The molecular weight excluding hydrogens is 269 g/mol. The summed E-state index contributed by atoms with van der Waals surface area (Å²) in [5.41, 5.74) is 5.90. The molecule has 0 saturated carbocycles. The van der Waals surface area contributed by atoms with Crippen molar-refractivity contribution in [3.8, 4) is 5.75 Å². The van der Waals surface area contributed by atoms with E-state index >= 15 is 0 Å². The van der Waals surface area contributed by atoms with Crippen LogP contribution in [0.1, 0.15) is 33.1 Å². The van der Waals surface area contributed by atoms with Crippen molar-refractivity contribution in [2.24, 2.45) is 11.1 Å². The summed E-state index contributed by atoms with van der Waals surface area (Å²) < 4.78 is 5.62. The van der Waals surface area contributed by atoms with Gasteiger partial charge in [0.1, 0.15) is 5.75 Å². The summed E-state index contributed by atoms with van der Waals surface area (Å²) in [5, 5.41) is 1.24. The molecular formula is C14H21Cl2NO. The number of hydrogen-bond donors (Lipinski definition) is 1. The maximum absolute atomic E-state index is 6.00. The average molecular weight is 290 g/mol. The van der Waals surface area contributed by atoms with E-state index in [2.05, 4.69) is 13.8 Å². The lowest BCUT2D eigenvalue weighted by Crippen LogP contribution is -2.23. The Bertz CT molecular complexity index is 380. The minimum absolute atomic E-state index is 0.216. The molecule has 2 nitrogen and oxygen atoms in total. The van der Waals surface area contributed by atoms with E-state index in [4.69, 9.17) is 33.7 Å². The van der Waals surface area contributed by atoms with Crippen molar-refractivity contribution in [1.82, 2.24) is 0 Å². The number of halogens is 2. The van der Waals surface area contributed by atoms with Crippen LogP contribution in [0.15, 0.2) is 18.2 Å². The topological polar surface area (TPSA) is 35.2 Å². The van der Waals surface area contributed by atoms with Crippen molar-refractivity contribution in [2.75, 3.05) is 13.2 Å². The predicted molar refractivity (Wildman–Crippen MR) is 78.6 cm³/mol. The van der Waals surface area contributed by atoms with Crippen LogP contribution >= 0.6 is 23.2 Å². The number of benzene rings is 1. The van der Waals surface area contributed by atoms with Gasteiger partial charge in [-0.05, 0) is 43.4 Å². The standard InChI is InChI=1S/C14H21Cl2NO/c1-14(2,10-17)7-3-4-8-18-13-9-11(15)5-6-12(13)16/h5-6,9H,3-4,7-8,10,17H2,1-2H3. The van der Waals surface area contributed by atoms with Crippen LogP contribution in [0.5, 0.6) is 5.75 Å². The van der Waals surface area contributed by atoms with Crippen LogP contribution in [-0.4, -0.2) is 13.2 Å². The predicted octanol–water partition coefficient (Wildman–Crippen LogP) is 4.53. The Kier molecular flexibility index (Phi) is 6.27. The molecule has 0 radical (unpaired) electrons. The molecule has 0 fully saturated rings. The quantitative estimate of drug-likeness (QED) is 0.749. The maximum atomic E-state index is 6.00. The van der Waals surface area contributed by atoms with Crippen LogP contribution < -0.4 is 10.5 Å². The maximum Gasteiger partial charge on any atom is 0.139 e. The van der Waals surface area contributed by atoms with E-state index in [0.29, 0.717) is 28.9 Å². The summed E-state index contributed by atoms with van der Waals surface area (Å²) in [4.78, 5) is 0. The van der Waals surface area contributed by atoms with Gasteiger partial charge in [-0.1, -0.05) is 37.0 Å². The number of unbranched alkanes of at least 4 members (excludes halogenated alkanes) is 1. The first-order valence-electron chi connectivity index (χ1n) is 6.22. The molecule has 0 amide bonds. The van der Waals surface area contributed by atoms with E-state index in [0.717, 1.165) is 19.3 Å². The largest absolute Gasteiger partial charge is 0.492 e. The number of ether oxygens (including phenoxy) is 1. The summed E-state index contributed by atoms with van der Waals surface area (Å²) in [6.45, 7) is 5.73. The monoisotopic (exact) mass is 289 g/mol. The Morgan fingerprint density at radius 1 is 1.22 bits per heavy atom. The fraction of sp³-hybridized carbons (Fsp3) is 0.571. The van der Waals surface area contributed by atoms with E-state index < -0.39 is 0 Å². The summed E-state index contributed by atoms with van der Waals surface area (Å²) >= 11 is 11.9. The first-order valence-corrected chi connectivity index (χ1v) is 6.98. The lowest BCUT2D eigenvalue weighted by molar-refractivity contribution is 0.279. The molecule has 0 saturated heterocycles. The minimum atomic E-state index is 0.216. The molecule has 102 valence electrons. The number of nitrogens with two attached hydrogens (primary N) is 1. The zero-order valence-electron chi connectivity index (χ0n) is 11.0. The molecule has 18 heavy (non-hydrogen) atoms. The van der Waals surface area contributed by atoms with Crippen LogP contribution in [-0.2, 0) is 0 Å². The first kappa shape index (κ1) is 15.6. The van der Waals surface area contributed by atoms with E-state index in [1.165, 1.54) is 0 Å². The van der Waals surface area contributed by atoms with Gasteiger partial charge in [-0.25, -0.2) is 0 Å². The van der Waals surface area contributed by atoms with Gasteiger partial charge in [0.15, 0.2) is 0 Å². The molecule has 0 aliphatic rings.